The van der Waals surface area contributed by atoms with Crippen molar-refractivity contribution in [2.45, 2.75) is 55.4 Å². The number of ether oxygens (including phenoxy) is 2. The molecule has 0 saturated carbocycles. The van der Waals surface area contributed by atoms with Gasteiger partial charge in [0.05, 0.1) is 35.8 Å². The predicted octanol–water partition coefficient (Wildman–Crippen LogP) is 5.49. The van der Waals surface area contributed by atoms with Crippen molar-refractivity contribution in [1.82, 2.24) is 4.48 Å². The van der Waals surface area contributed by atoms with Crippen LogP contribution in [0.5, 0.6) is 5.75 Å². The topological polar surface area (TPSA) is 90.1 Å². The highest BCUT2D eigenvalue weighted by Gasteiger charge is 2.36. The molecule has 37 heavy (non-hydrogen) atoms. The molecule has 0 spiro atoms. The number of rotatable bonds is 7. The fourth-order valence-electron chi connectivity index (χ4n) is 5.04. The van der Waals surface area contributed by atoms with Crippen molar-refractivity contribution in [3.05, 3.63) is 68.2 Å². The molecule has 0 radical (unpaired) electrons. The van der Waals surface area contributed by atoms with Crippen molar-refractivity contribution in [1.29, 1.82) is 0 Å². The molecule has 1 aromatic carbocycles. The van der Waals surface area contributed by atoms with Gasteiger partial charge in [-0.25, -0.2) is 9.59 Å². The first-order chi connectivity index (χ1) is 17.4. The van der Waals surface area contributed by atoms with Crippen LogP contribution in [0, 0.1) is 27.7 Å². The molecular formula is C27H31BF2N2O5. The Hall–Kier alpha value is -3.69. The number of phenols is 1. The SMILES string of the molecule is CCOC(=O)C1=C(C)/C(=C(\c2c(C)cc(O)cc2C)c2c(C)c(C(=O)OCC)c(C)n2B(F)F)N=C1C. The molecule has 1 aliphatic rings. The van der Waals surface area contributed by atoms with E-state index >= 15 is 0 Å². The van der Waals surface area contributed by atoms with Gasteiger partial charge in [0.25, 0.3) is 0 Å². The third kappa shape index (κ3) is 4.84. The average Bonchev–Trinajstić information content (AvgIpc) is 3.22. The van der Waals surface area contributed by atoms with Gasteiger partial charge < -0.3 is 19.1 Å². The van der Waals surface area contributed by atoms with Crippen molar-refractivity contribution in [3.63, 3.8) is 0 Å². The zero-order valence-corrected chi connectivity index (χ0v) is 22.4. The van der Waals surface area contributed by atoms with Gasteiger partial charge >= 0.3 is 19.3 Å². The number of phenolic OH excluding ortho intramolecular Hbond substituents is 1. The van der Waals surface area contributed by atoms with Crippen LogP contribution in [0.25, 0.3) is 5.57 Å². The maximum Gasteiger partial charge on any atom is 0.677 e. The van der Waals surface area contributed by atoms with Crippen LogP contribution in [0.3, 0.4) is 0 Å². The minimum absolute atomic E-state index is 0.0260. The second-order valence-corrected chi connectivity index (χ2v) is 8.90. The fraction of sp³-hybridized carbons (Fsp3) is 0.370. The van der Waals surface area contributed by atoms with Gasteiger partial charge in [0, 0.05) is 17.0 Å². The minimum Gasteiger partial charge on any atom is -0.508 e. The van der Waals surface area contributed by atoms with Gasteiger partial charge in [0.2, 0.25) is 0 Å². The van der Waals surface area contributed by atoms with Gasteiger partial charge in [0.1, 0.15) is 5.75 Å². The summed E-state index contributed by atoms with van der Waals surface area (Å²) in [7, 11) is -2.98. The molecule has 0 atom stereocenters. The first-order valence-corrected chi connectivity index (χ1v) is 12.0. The monoisotopic (exact) mass is 512 g/mol. The van der Waals surface area contributed by atoms with Gasteiger partial charge in [-0.15, -0.1) is 0 Å². The largest absolute Gasteiger partial charge is 0.677 e. The number of carbonyl (C=O) groups is 2. The second-order valence-electron chi connectivity index (χ2n) is 8.90. The molecule has 3 rings (SSSR count). The zero-order valence-electron chi connectivity index (χ0n) is 22.4. The number of esters is 2. The van der Waals surface area contributed by atoms with Crippen LogP contribution >= 0.6 is 0 Å². The van der Waals surface area contributed by atoms with Gasteiger partial charge in [-0.1, -0.05) is 0 Å². The van der Waals surface area contributed by atoms with Gasteiger partial charge in [-0.3, -0.25) is 13.6 Å². The van der Waals surface area contributed by atoms with E-state index in [4.69, 9.17) is 9.47 Å². The van der Waals surface area contributed by atoms with Crippen LogP contribution in [0.2, 0.25) is 0 Å². The molecule has 196 valence electrons. The Morgan fingerprint density at radius 2 is 1.49 bits per heavy atom. The summed E-state index contributed by atoms with van der Waals surface area (Å²) >= 11 is 0. The molecule has 1 aromatic heterocycles. The Kier molecular flexibility index (Phi) is 8.10. The summed E-state index contributed by atoms with van der Waals surface area (Å²) in [6.07, 6.45) is 0. The number of allylic oxidation sites excluding steroid dienone is 1. The van der Waals surface area contributed by atoms with E-state index in [9.17, 15) is 23.3 Å². The summed E-state index contributed by atoms with van der Waals surface area (Å²) < 4.78 is 40.5. The molecule has 0 fully saturated rings. The molecule has 0 amide bonds. The van der Waals surface area contributed by atoms with Gasteiger partial charge in [-0.2, -0.15) is 0 Å². The quantitative estimate of drug-likeness (QED) is 0.392. The number of aryl methyl sites for hydroxylation is 2. The molecule has 10 heteroatoms. The number of aromatic nitrogens is 1. The standard InChI is InChI=1S/C27H31BF2N2O5/c1-9-36-26(34)21-15(5)24(31-17(21)7)23(20-13(3)11-19(33)12-14(20)4)25-16(6)22(27(35)37-10-2)18(8)32(25)28(29)30/h11-12,33H,9-10H2,1-8H3/b24-23-. The Morgan fingerprint density at radius 3 is 2.00 bits per heavy atom. The van der Waals surface area contributed by atoms with Crippen LogP contribution in [-0.4, -0.2) is 47.9 Å². The third-order valence-electron chi connectivity index (χ3n) is 6.46. The van der Waals surface area contributed by atoms with Crippen molar-refractivity contribution in [2.75, 3.05) is 13.2 Å². The van der Waals surface area contributed by atoms with Crippen molar-refractivity contribution >= 4 is 30.6 Å². The molecule has 2 heterocycles. The molecule has 7 nitrogen and oxygen atoms in total. The van der Waals surface area contributed by atoms with E-state index in [0.717, 1.165) is 4.48 Å². The maximum absolute atomic E-state index is 14.7. The number of benzene rings is 1. The fourth-order valence-corrected chi connectivity index (χ4v) is 5.04. The third-order valence-corrected chi connectivity index (χ3v) is 6.46. The number of aliphatic imine (C=N–C) groups is 1. The van der Waals surface area contributed by atoms with E-state index in [-0.39, 0.29) is 41.5 Å². The first kappa shape index (κ1) is 27.9. The lowest BCUT2D eigenvalue weighted by atomic mass is 9.87. The Morgan fingerprint density at radius 1 is 0.946 bits per heavy atom. The first-order valence-electron chi connectivity index (χ1n) is 12.0. The molecule has 0 aliphatic carbocycles. The van der Waals surface area contributed by atoms with Crippen molar-refractivity contribution < 1.29 is 32.8 Å². The number of hydrogen-bond donors (Lipinski definition) is 1. The Balaban J connectivity index is 2.57. The lowest BCUT2D eigenvalue weighted by Gasteiger charge is -2.20. The second kappa shape index (κ2) is 10.7. The maximum atomic E-state index is 14.7. The number of nitrogens with zero attached hydrogens (tertiary/aromatic N) is 2. The van der Waals surface area contributed by atoms with E-state index in [1.54, 1.807) is 48.5 Å². The Labute approximate surface area is 215 Å². The van der Waals surface area contributed by atoms with Crippen molar-refractivity contribution in [2.24, 2.45) is 4.99 Å². The summed E-state index contributed by atoms with van der Waals surface area (Å²) in [6.45, 7) is 13.5. The highest BCUT2D eigenvalue weighted by molar-refractivity contribution is 6.42. The number of hydrogen-bond acceptors (Lipinski definition) is 6. The average molecular weight is 512 g/mol. The van der Waals surface area contributed by atoms with E-state index in [2.05, 4.69) is 4.99 Å². The van der Waals surface area contributed by atoms with Crippen LogP contribution in [0.15, 0.2) is 34.0 Å². The molecule has 1 N–H and O–H groups in total. The van der Waals surface area contributed by atoms with Crippen LogP contribution in [0.1, 0.15) is 71.7 Å². The van der Waals surface area contributed by atoms with Gasteiger partial charge in [0.15, 0.2) is 0 Å². The van der Waals surface area contributed by atoms with Gasteiger partial charge in [-0.05, 0) is 95.3 Å². The summed E-state index contributed by atoms with van der Waals surface area (Å²) in [5.41, 5.74) is 4.04. The number of aromatic hydroxyl groups is 1. The van der Waals surface area contributed by atoms with Crippen LogP contribution in [-0.2, 0) is 14.3 Å². The normalized spacial score (nSPS) is 14.6. The van der Waals surface area contributed by atoms with E-state index in [1.807, 2.05) is 0 Å². The van der Waals surface area contributed by atoms with E-state index in [1.165, 1.54) is 19.1 Å². The molecule has 0 unspecified atom stereocenters. The molecule has 2 aromatic rings. The van der Waals surface area contributed by atoms with E-state index < -0.39 is 19.3 Å². The zero-order chi connectivity index (χ0) is 27.8. The molecule has 1 aliphatic heterocycles. The Bertz CT molecular complexity index is 1360. The van der Waals surface area contributed by atoms with Crippen LogP contribution in [0.4, 0.5) is 8.63 Å². The summed E-state index contributed by atoms with van der Waals surface area (Å²) in [4.78, 5) is 30.2. The lowest BCUT2D eigenvalue weighted by Crippen LogP contribution is -2.19. The lowest BCUT2D eigenvalue weighted by molar-refractivity contribution is -0.137. The van der Waals surface area contributed by atoms with Crippen molar-refractivity contribution in [3.8, 4) is 5.75 Å². The highest BCUT2D eigenvalue weighted by Crippen LogP contribution is 2.43. The molecule has 0 saturated heterocycles. The summed E-state index contributed by atoms with van der Waals surface area (Å²) in [5, 5.41) is 10.2. The number of halogens is 2. The smallest absolute Gasteiger partial charge is 0.508 e. The van der Waals surface area contributed by atoms with Crippen LogP contribution < -0.4 is 0 Å². The molecule has 0 bridgehead atoms. The minimum atomic E-state index is -2.98. The summed E-state index contributed by atoms with van der Waals surface area (Å²) in [5.74, 6) is -1.23. The van der Waals surface area contributed by atoms with E-state index in [0.29, 0.717) is 44.8 Å². The summed E-state index contributed by atoms with van der Waals surface area (Å²) in [6, 6.07) is 3.06. The molecular weight excluding hydrogens is 481 g/mol. The highest BCUT2D eigenvalue weighted by atomic mass is 19.2. The predicted molar refractivity (Wildman–Crippen MR) is 139 cm³/mol. The number of carbonyl (C=O) groups excluding carboxylic acids is 2.